The minimum absolute atomic E-state index is 0.176. The third-order valence-electron chi connectivity index (χ3n) is 3.47. The lowest BCUT2D eigenvalue weighted by molar-refractivity contribution is 0.0694. The van der Waals surface area contributed by atoms with Crippen LogP contribution in [-0.4, -0.2) is 11.1 Å². The number of carboxylic acid groups (broad SMARTS) is 1. The highest BCUT2D eigenvalue weighted by Gasteiger charge is 2.14. The molecule has 3 nitrogen and oxygen atoms in total. The molecule has 0 aliphatic rings. The molecule has 2 aromatic rings. The van der Waals surface area contributed by atoms with Gasteiger partial charge in [0.15, 0.2) is 0 Å². The van der Waals surface area contributed by atoms with Crippen molar-refractivity contribution in [2.75, 3.05) is 0 Å². The molecule has 0 heterocycles. The Morgan fingerprint density at radius 1 is 1.05 bits per heavy atom. The van der Waals surface area contributed by atoms with E-state index < -0.39 is 5.97 Å². The Morgan fingerprint density at radius 2 is 1.76 bits per heavy atom. The smallest absolute Gasteiger partial charge is 0.339 e. The monoisotopic (exact) mass is 284 g/mol. The van der Waals surface area contributed by atoms with Crippen molar-refractivity contribution in [1.82, 2.24) is 0 Å². The van der Waals surface area contributed by atoms with Gasteiger partial charge in [-0.25, -0.2) is 4.79 Å². The normalized spacial score (nSPS) is 10.7. The van der Waals surface area contributed by atoms with Gasteiger partial charge in [-0.15, -0.1) is 0 Å². The average molecular weight is 284 g/mol. The Morgan fingerprint density at radius 3 is 2.38 bits per heavy atom. The summed E-state index contributed by atoms with van der Waals surface area (Å²) in [4.78, 5) is 11.3. The summed E-state index contributed by atoms with van der Waals surface area (Å²) in [6, 6.07) is 11.2. The maximum Gasteiger partial charge on any atom is 0.339 e. The van der Waals surface area contributed by atoms with E-state index in [1.807, 2.05) is 26.0 Å². The molecule has 21 heavy (non-hydrogen) atoms. The number of aryl methyl sites for hydroxylation is 2. The van der Waals surface area contributed by atoms with Crippen LogP contribution in [0.15, 0.2) is 36.4 Å². The van der Waals surface area contributed by atoms with Crippen LogP contribution in [0.4, 0.5) is 0 Å². The van der Waals surface area contributed by atoms with Gasteiger partial charge >= 0.3 is 5.97 Å². The molecule has 2 rings (SSSR count). The number of ether oxygens (including phenoxy) is 1. The van der Waals surface area contributed by atoms with Crippen LogP contribution in [0.2, 0.25) is 0 Å². The van der Waals surface area contributed by atoms with Crippen LogP contribution in [0.3, 0.4) is 0 Å². The lowest BCUT2D eigenvalue weighted by Gasteiger charge is -2.14. The maximum absolute atomic E-state index is 11.3. The molecular formula is C18H20O3. The summed E-state index contributed by atoms with van der Waals surface area (Å²) in [7, 11) is 0. The van der Waals surface area contributed by atoms with Crippen molar-refractivity contribution in [2.45, 2.75) is 33.6 Å². The van der Waals surface area contributed by atoms with Gasteiger partial charge < -0.3 is 9.84 Å². The molecule has 0 aromatic heterocycles. The number of aromatic carboxylic acids is 1. The van der Waals surface area contributed by atoms with E-state index in [1.54, 1.807) is 18.2 Å². The zero-order valence-corrected chi connectivity index (χ0v) is 12.8. The lowest BCUT2D eigenvalue weighted by atomic mass is 10.0. The Kier molecular flexibility index (Phi) is 4.32. The summed E-state index contributed by atoms with van der Waals surface area (Å²) in [5.41, 5.74) is 3.29. The van der Waals surface area contributed by atoms with Crippen LogP contribution in [0, 0.1) is 13.8 Å². The maximum atomic E-state index is 11.3. The fraction of sp³-hybridized carbons (Fsp3) is 0.278. The van der Waals surface area contributed by atoms with Gasteiger partial charge in [-0.05, 0) is 54.7 Å². The zero-order valence-electron chi connectivity index (χ0n) is 12.8. The fourth-order valence-electron chi connectivity index (χ4n) is 2.09. The molecule has 0 aliphatic carbocycles. The van der Waals surface area contributed by atoms with Crippen LogP contribution < -0.4 is 4.74 Å². The molecule has 0 fully saturated rings. The first-order chi connectivity index (χ1) is 9.88. The van der Waals surface area contributed by atoms with E-state index in [4.69, 9.17) is 4.74 Å². The van der Waals surface area contributed by atoms with Gasteiger partial charge in [0.25, 0.3) is 0 Å². The van der Waals surface area contributed by atoms with E-state index in [1.165, 1.54) is 5.56 Å². The van der Waals surface area contributed by atoms with Gasteiger partial charge in [-0.3, -0.25) is 0 Å². The number of carboxylic acids is 1. The highest BCUT2D eigenvalue weighted by atomic mass is 16.5. The van der Waals surface area contributed by atoms with E-state index in [2.05, 4.69) is 19.9 Å². The summed E-state index contributed by atoms with van der Waals surface area (Å²) >= 11 is 0. The predicted octanol–water partition coefficient (Wildman–Crippen LogP) is 4.92. The van der Waals surface area contributed by atoms with E-state index in [0.717, 1.165) is 11.1 Å². The number of hydrogen-bond acceptors (Lipinski definition) is 2. The van der Waals surface area contributed by atoms with Gasteiger partial charge in [-0.1, -0.05) is 32.0 Å². The first-order valence-corrected chi connectivity index (χ1v) is 7.01. The van der Waals surface area contributed by atoms with E-state index in [0.29, 0.717) is 17.4 Å². The molecule has 0 radical (unpaired) electrons. The summed E-state index contributed by atoms with van der Waals surface area (Å²) in [6.07, 6.45) is 0. The van der Waals surface area contributed by atoms with Gasteiger partial charge in [0.05, 0.1) is 0 Å². The fourth-order valence-corrected chi connectivity index (χ4v) is 2.09. The molecule has 3 heteroatoms. The minimum atomic E-state index is -0.984. The van der Waals surface area contributed by atoms with Crippen LogP contribution in [0.25, 0.3) is 0 Å². The van der Waals surface area contributed by atoms with E-state index >= 15 is 0 Å². The molecule has 110 valence electrons. The topological polar surface area (TPSA) is 46.5 Å². The molecule has 0 atom stereocenters. The molecule has 2 aromatic carbocycles. The Hall–Kier alpha value is -2.29. The van der Waals surface area contributed by atoms with Gasteiger partial charge in [0.2, 0.25) is 0 Å². The number of rotatable bonds is 4. The SMILES string of the molecule is Cc1ccc(C(=O)O)c(Oc2cc(C(C)C)ccc2C)c1. The van der Waals surface area contributed by atoms with Crippen molar-refractivity contribution in [3.8, 4) is 11.5 Å². The molecule has 0 saturated carbocycles. The van der Waals surface area contributed by atoms with Gasteiger partial charge in [-0.2, -0.15) is 0 Å². The first kappa shape index (κ1) is 15.1. The Bertz CT molecular complexity index is 672. The lowest BCUT2D eigenvalue weighted by Crippen LogP contribution is -2.01. The number of benzene rings is 2. The first-order valence-electron chi connectivity index (χ1n) is 7.01. The molecule has 0 saturated heterocycles. The molecule has 0 unspecified atom stereocenters. The van der Waals surface area contributed by atoms with Crippen molar-refractivity contribution in [3.05, 3.63) is 58.7 Å². The van der Waals surface area contributed by atoms with Crippen molar-refractivity contribution in [1.29, 1.82) is 0 Å². The standard InChI is InChI=1S/C18H20O3/c1-11(2)14-7-6-13(4)16(10-14)21-17-9-12(3)5-8-15(17)18(19)20/h5-11H,1-4H3,(H,19,20). The second kappa shape index (κ2) is 6.00. The summed E-state index contributed by atoms with van der Waals surface area (Å²) in [5, 5.41) is 9.27. The average Bonchev–Trinajstić information content (AvgIpc) is 2.40. The van der Waals surface area contributed by atoms with E-state index in [-0.39, 0.29) is 5.56 Å². The molecule has 0 aliphatic heterocycles. The highest BCUT2D eigenvalue weighted by molar-refractivity contribution is 5.91. The van der Waals surface area contributed by atoms with Crippen molar-refractivity contribution in [2.24, 2.45) is 0 Å². The third-order valence-corrected chi connectivity index (χ3v) is 3.47. The quantitative estimate of drug-likeness (QED) is 0.867. The van der Waals surface area contributed by atoms with Crippen LogP contribution >= 0.6 is 0 Å². The zero-order chi connectivity index (χ0) is 15.6. The van der Waals surface area contributed by atoms with Crippen LogP contribution in [0.5, 0.6) is 11.5 Å². The second-order valence-corrected chi connectivity index (χ2v) is 5.59. The summed E-state index contributed by atoms with van der Waals surface area (Å²) in [5.74, 6) is 0.493. The highest BCUT2D eigenvalue weighted by Crippen LogP contribution is 2.31. The predicted molar refractivity (Wildman–Crippen MR) is 83.5 cm³/mol. The molecule has 0 amide bonds. The number of hydrogen-bond donors (Lipinski definition) is 1. The van der Waals surface area contributed by atoms with Crippen LogP contribution in [-0.2, 0) is 0 Å². The third kappa shape index (κ3) is 3.43. The van der Waals surface area contributed by atoms with Crippen molar-refractivity contribution >= 4 is 5.97 Å². The second-order valence-electron chi connectivity index (χ2n) is 5.59. The van der Waals surface area contributed by atoms with Crippen molar-refractivity contribution in [3.63, 3.8) is 0 Å². The summed E-state index contributed by atoms with van der Waals surface area (Å²) < 4.78 is 5.89. The molecule has 0 bridgehead atoms. The Labute approximate surface area is 125 Å². The number of carbonyl (C=O) groups is 1. The van der Waals surface area contributed by atoms with Crippen molar-refractivity contribution < 1.29 is 14.6 Å². The minimum Gasteiger partial charge on any atom is -0.478 e. The molecule has 0 spiro atoms. The molecule has 1 N–H and O–H groups in total. The van der Waals surface area contributed by atoms with Crippen LogP contribution in [0.1, 0.15) is 46.8 Å². The summed E-state index contributed by atoms with van der Waals surface area (Å²) in [6.45, 7) is 8.10. The molecular weight excluding hydrogens is 264 g/mol. The van der Waals surface area contributed by atoms with Gasteiger partial charge in [0.1, 0.15) is 17.1 Å². The Balaban J connectivity index is 2.44. The largest absolute Gasteiger partial charge is 0.478 e. The van der Waals surface area contributed by atoms with Gasteiger partial charge in [0, 0.05) is 0 Å². The van der Waals surface area contributed by atoms with E-state index in [9.17, 15) is 9.90 Å².